The SMILES string of the molecule is COc1cccc(F)c1C(=NC(C)C)c1ccc(O)cc1O. The first kappa shape index (κ1) is 15.8. The number of rotatable bonds is 4. The van der Waals surface area contributed by atoms with E-state index >= 15 is 0 Å². The van der Waals surface area contributed by atoms with Gasteiger partial charge in [0, 0.05) is 17.7 Å². The first-order chi connectivity index (χ1) is 10.4. The summed E-state index contributed by atoms with van der Waals surface area (Å²) in [7, 11) is 1.45. The summed E-state index contributed by atoms with van der Waals surface area (Å²) in [5, 5.41) is 19.5. The molecule has 0 saturated heterocycles. The fraction of sp³-hybridized carbons (Fsp3) is 0.235. The van der Waals surface area contributed by atoms with Crippen LogP contribution in [0, 0.1) is 5.82 Å². The molecule has 0 saturated carbocycles. The minimum Gasteiger partial charge on any atom is -0.508 e. The maximum atomic E-state index is 14.3. The molecule has 0 fully saturated rings. The van der Waals surface area contributed by atoms with Gasteiger partial charge < -0.3 is 14.9 Å². The fourth-order valence-corrected chi connectivity index (χ4v) is 2.15. The predicted molar refractivity (Wildman–Crippen MR) is 83.5 cm³/mol. The smallest absolute Gasteiger partial charge is 0.136 e. The summed E-state index contributed by atoms with van der Waals surface area (Å²) in [5.41, 5.74) is 0.789. The van der Waals surface area contributed by atoms with E-state index in [-0.39, 0.29) is 28.8 Å². The number of hydrogen-bond donors (Lipinski definition) is 2. The molecule has 0 radical (unpaired) electrons. The Labute approximate surface area is 128 Å². The number of methoxy groups -OCH3 is 1. The van der Waals surface area contributed by atoms with Gasteiger partial charge in [0.2, 0.25) is 0 Å². The Balaban J connectivity index is 2.73. The molecule has 22 heavy (non-hydrogen) atoms. The van der Waals surface area contributed by atoms with E-state index in [1.54, 1.807) is 12.1 Å². The van der Waals surface area contributed by atoms with E-state index in [9.17, 15) is 14.6 Å². The molecule has 0 unspecified atom stereocenters. The molecule has 116 valence electrons. The van der Waals surface area contributed by atoms with Crippen LogP contribution in [-0.2, 0) is 0 Å². The molecule has 0 bridgehead atoms. The van der Waals surface area contributed by atoms with Crippen molar-refractivity contribution in [3.63, 3.8) is 0 Å². The molecule has 4 nitrogen and oxygen atoms in total. The average molecular weight is 303 g/mol. The number of hydrogen-bond acceptors (Lipinski definition) is 4. The number of aromatic hydroxyl groups is 2. The number of phenols is 2. The second-order valence-corrected chi connectivity index (χ2v) is 5.09. The second kappa shape index (κ2) is 6.47. The van der Waals surface area contributed by atoms with Gasteiger partial charge in [-0.3, -0.25) is 4.99 Å². The highest BCUT2D eigenvalue weighted by Gasteiger charge is 2.20. The van der Waals surface area contributed by atoms with Gasteiger partial charge >= 0.3 is 0 Å². The Morgan fingerprint density at radius 1 is 1.18 bits per heavy atom. The van der Waals surface area contributed by atoms with Crippen molar-refractivity contribution in [1.29, 1.82) is 0 Å². The molecule has 0 amide bonds. The molecule has 2 rings (SSSR count). The normalized spacial score (nSPS) is 11.8. The Hall–Kier alpha value is -2.56. The number of phenolic OH excluding ortho intramolecular Hbond substituents is 2. The lowest BCUT2D eigenvalue weighted by Gasteiger charge is -2.15. The quantitative estimate of drug-likeness (QED) is 0.850. The number of nitrogens with zero attached hydrogens (tertiary/aromatic N) is 1. The van der Waals surface area contributed by atoms with Crippen LogP contribution < -0.4 is 4.74 Å². The maximum absolute atomic E-state index is 14.3. The summed E-state index contributed by atoms with van der Waals surface area (Å²) in [6, 6.07) is 8.47. The van der Waals surface area contributed by atoms with Crippen LogP contribution in [0.2, 0.25) is 0 Å². The molecule has 2 aromatic rings. The van der Waals surface area contributed by atoms with Crippen LogP contribution in [0.1, 0.15) is 25.0 Å². The van der Waals surface area contributed by atoms with Gasteiger partial charge in [-0.1, -0.05) is 6.07 Å². The third-order valence-electron chi connectivity index (χ3n) is 3.06. The fourth-order valence-electron chi connectivity index (χ4n) is 2.15. The van der Waals surface area contributed by atoms with Crippen LogP contribution in [0.15, 0.2) is 41.4 Å². The van der Waals surface area contributed by atoms with E-state index in [4.69, 9.17) is 4.74 Å². The van der Waals surface area contributed by atoms with Crippen LogP contribution in [0.4, 0.5) is 4.39 Å². The molecule has 5 heteroatoms. The largest absolute Gasteiger partial charge is 0.508 e. The molecule has 2 N–H and O–H groups in total. The molecular formula is C17H18FNO3. The van der Waals surface area contributed by atoms with Gasteiger partial charge in [-0.15, -0.1) is 0 Å². The molecule has 0 spiro atoms. The Bertz CT molecular complexity index is 711. The van der Waals surface area contributed by atoms with Crippen LogP contribution >= 0.6 is 0 Å². The van der Waals surface area contributed by atoms with Gasteiger partial charge in [0.1, 0.15) is 23.1 Å². The van der Waals surface area contributed by atoms with Crippen LogP contribution in [0.3, 0.4) is 0 Å². The molecule has 2 aromatic carbocycles. The lowest BCUT2D eigenvalue weighted by molar-refractivity contribution is 0.410. The summed E-state index contributed by atoms with van der Waals surface area (Å²) in [6.45, 7) is 3.70. The average Bonchev–Trinajstić information content (AvgIpc) is 2.45. The first-order valence-electron chi connectivity index (χ1n) is 6.87. The van der Waals surface area contributed by atoms with Crippen molar-refractivity contribution >= 4 is 5.71 Å². The monoisotopic (exact) mass is 303 g/mol. The zero-order valence-electron chi connectivity index (χ0n) is 12.7. The first-order valence-corrected chi connectivity index (χ1v) is 6.87. The summed E-state index contributed by atoms with van der Waals surface area (Å²) < 4.78 is 19.6. The van der Waals surface area contributed by atoms with Crippen molar-refractivity contribution in [2.75, 3.05) is 7.11 Å². The summed E-state index contributed by atoms with van der Waals surface area (Å²) in [5.74, 6) is -0.423. The van der Waals surface area contributed by atoms with E-state index in [2.05, 4.69) is 4.99 Å². The second-order valence-electron chi connectivity index (χ2n) is 5.09. The molecule has 0 aliphatic carbocycles. The zero-order valence-corrected chi connectivity index (χ0v) is 12.7. The Morgan fingerprint density at radius 3 is 2.50 bits per heavy atom. The van der Waals surface area contributed by atoms with Crippen molar-refractivity contribution < 1.29 is 19.3 Å². The lowest BCUT2D eigenvalue weighted by Crippen LogP contribution is -2.11. The summed E-state index contributed by atoms with van der Waals surface area (Å²) in [6.07, 6.45) is 0. The molecule has 0 aliphatic heterocycles. The molecular weight excluding hydrogens is 285 g/mol. The van der Waals surface area contributed by atoms with Crippen LogP contribution in [-0.4, -0.2) is 29.1 Å². The number of aliphatic imine (C=N–C) groups is 1. The van der Waals surface area contributed by atoms with Crippen LogP contribution in [0.5, 0.6) is 17.2 Å². The maximum Gasteiger partial charge on any atom is 0.136 e. The van der Waals surface area contributed by atoms with Gasteiger partial charge in [-0.05, 0) is 38.1 Å². The van der Waals surface area contributed by atoms with Gasteiger partial charge in [-0.25, -0.2) is 4.39 Å². The van der Waals surface area contributed by atoms with E-state index in [0.717, 1.165) is 0 Å². The highest BCUT2D eigenvalue weighted by atomic mass is 19.1. The Kier molecular flexibility index (Phi) is 4.65. The highest BCUT2D eigenvalue weighted by Crippen LogP contribution is 2.31. The van der Waals surface area contributed by atoms with Crippen molar-refractivity contribution in [2.24, 2.45) is 4.99 Å². The lowest BCUT2D eigenvalue weighted by atomic mass is 9.99. The summed E-state index contributed by atoms with van der Waals surface area (Å²) >= 11 is 0. The van der Waals surface area contributed by atoms with Gasteiger partial charge in [-0.2, -0.15) is 0 Å². The molecule has 0 atom stereocenters. The van der Waals surface area contributed by atoms with Gasteiger partial charge in [0.05, 0.1) is 18.4 Å². The third-order valence-corrected chi connectivity index (χ3v) is 3.06. The van der Waals surface area contributed by atoms with Gasteiger partial charge in [0.15, 0.2) is 0 Å². The van der Waals surface area contributed by atoms with Crippen molar-refractivity contribution in [2.45, 2.75) is 19.9 Å². The minimum atomic E-state index is -0.494. The summed E-state index contributed by atoms with van der Waals surface area (Å²) in [4.78, 5) is 4.43. The predicted octanol–water partition coefficient (Wildman–Crippen LogP) is 3.49. The zero-order chi connectivity index (χ0) is 16.3. The molecule has 0 heterocycles. The van der Waals surface area contributed by atoms with E-state index in [1.807, 2.05) is 13.8 Å². The van der Waals surface area contributed by atoms with Gasteiger partial charge in [0.25, 0.3) is 0 Å². The highest BCUT2D eigenvalue weighted by molar-refractivity contribution is 6.16. The molecule has 0 aliphatic rings. The van der Waals surface area contributed by atoms with Crippen LogP contribution in [0.25, 0.3) is 0 Å². The van der Waals surface area contributed by atoms with Crippen molar-refractivity contribution in [1.82, 2.24) is 0 Å². The number of benzene rings is 2. The van der Waals surface area contributed by atoms with Crippen molar-refractivity contribution in [3.05, 3.63) is 53.3 Å². The third kappa shape index (κ3) is 3.19. The number of halogens is 1. The molecule has 0 aromatic heterocycles. The van der Waals surface area contributed by atoms with E-state index in [0.29, 0.717) is 11.3 Å². The van der Waals surface area contributed by atoms with E-state index < -0.39 is 5.82 Å². The Morgan fingerprint density at radius 2 is 1.91 bits per heavy atom. The van der Waals surface area contributed by atoms with Crippen molar-refractivity contribution in [3.8, 4) is 17.2 Å². The van der Waals surface area contributed by atoms with E-state index in [1.165, 1.54) is 31.4 Å². The standard InChI is InChI=1S/C17H18FNO3/c1-10(2)19-17(12-8-7-11(20)9-14(12)21)16-13(18)5-4-6-15(16)22-3/h4-10,20-21H,1-3H3. The minimum absolute atomic E-state index is 0.0781. The number of ether oxygens (including phenoxy) is 1. The topological polar surface area (TPSA) is 62.0 Å².